The van der Waals surface area contributed by atoms with Crippen LogP contribution in [0.25, 0.3) is 0 Å². The van der Waals surface area contributed by atoms with Gasteiger partial charge >= 0.3 is 5.97 Å². The van der Waals surface area contributed by atoms with Crippen LogP contribution in [0.4, 0.5) is 0 Å². The second-order valence-corrected chi connectivity index (χ2v) is 6.29. The molecule has 1 unspecified atom stereocenters. The molecule has 2 aliphatic rings. The molecular weight excluding hydrogens is 234 g/mol. The van der Waals surface area contributed by atoms with Gasteiger partial charge in [0.15, 0.2) is 0 Å². The number of aliphatic carboxylic acids is 1. The third-order valence-electron chi connectivity index (χ3n) is 3.98. The number of aryl methyl sites for hydroxylation is 1. The van der Waals surface area contributed by atoms with Gasteiger partial charge < -0.3 is 5.11 Å². The lowest BCUT2D eigenvalue weighted by atomic mass is 10.0. The Kier molecular flexibility index (Phi) is 2.90. The maximum Gasteiger partial charge on any atom is 0.304 e. The molecular formula is C13H17NO2S. The van der Waals surface area contributed by atoms with Crippen molar-refractivity contribution in [1.82, 2.24) is 4.98 Å². The normalized spacial score (nSPS) is 24.1. The zero-order valence-electron chi connectivity index (χ0n) is 9.82. The Bertz CT molecular complexity index is 435. The minimum atomic E-state index is -0.696. The number of carbonyl (C=O) groups is 1. The molecule has 1 aromatic heterocycles. The van der Waals surface area contributed by atoms with Crippen LogP contribution in [0.2, 0.25) is 0 Å². The fourth-order valence-electron chi connectivity index (χ4n) is 3.08. The van der Waals surface area contributed by atoms with E-state index in [0.717, 1.165) is 18.5 Å². The van der Waals surface area contributed by atoms with Crippen molar-refractivity contribution in [3.05, 3.63) is 15.6 Å². The van der Waals surface area contributed by atoms with Crippen molar-refractivity contribution >= 4 is 17.3 Å². The fraction of sp³-hybridized carbons (Fsp3) is 0.692. The number of hydrogen-bond donors (Lipinski definition) is 1. The average molecular weight is 251 g/mol. The van der Waals surface area contributed by atoms with Crippen molar-refractivity contribution in [3.8, 4) is 0 Å². The third-order valence-corrected chi connectivity index (χ3v) is 5.27. The highest BCUT2D eigenvalue weighted by atomic mass is 32.1. The molecule has 3 nitrogen and oxygen atoms in total. The number of carboxylic acids is 1. The Morgan fingerprint density at radius 2 is 2.12 bits per heavy atom. The zero-order valence-corrected chi connectivity index (χ0v) is 10.6. The topological polar surface area (TPSA) is 50.2 Å². The van der Waals surface area contributed by atoms with E-state index in [-0.39, 0.29) is 12.3 Å². The average Bonchev–Trinajstić information content (AvgIpc) is 2.93. The van der Waals surface area contributed by atoms with Gasteiger partial charge in [0.1, 0.15) is 0 Å². The smallest absolute Gasteiger partial charge is 0.304 e. The van der Waals surface area contributed by atoms with Crippen molar-refractivity contribution in [2.24, 2.45) is 0 Å². The Morgan fingerprint density at radius 3 is 2.82 bits per heavy atom. The van der Waals surface area contributed by atoms with E-state index in [4.69, 9.17) is 10.1 Å². The number of aromatic nitrogens is 1. The minimum absolute atomic E-state index is 0.175. The standard InChI is InChI=1S/C13H17NO2S/c15-11(16)7-9-5-6-10-12(9)14-13(17-10)8-3-1-2-4-8/h8-9H,1-7H2,(H,15,16). The SMILES string of the molecule is O=C(O)CC1CCc2sc(C3CCCC3)nc21. The molecule has 4 heteroatoms. The quantitative estimate of drug-likeness (QED) is 0.896. The van der Waals surface area contributed by atoms with Crippen LogP contribution in [0.15, 0.2) is 0 Å². The largest absolute Gasteiger partial charge is 0.481 e. The first-order chi connectivity index (χ1) is 8.24. The van der Waals surface area contributed by atoms with Gasteiger partial charge in [0.05, 0.1) is 17.1 Å². The number of nitrogens with zero attached hydrogens (tertiary/aromatic N) is 1. The Hall–Kier alpha value is -0.900. The van der Waals surface area contributed by atoms with Crippen LogP contribution >= 0.6 is 11.3 Å². The summed E-state index contributed by atoms with van der Waals surface area (Å²) >= 11 is 1.85. The molecule has 1 atom stereocenters. The van der Waals surface area contributed by atoms with Crippen LogP contribution in [0.3, 0.4) is 0 Å². The molecule has 0 radical (unpaired) electrons. The van der Waals surface area contributed by atoms with Gasteiger partial charge in [-0.2, -0.15) is 0 Å². The molecule has 1 saturated carbocycles. The molecule has 1 N–H and O–H groups in total. The number of fused-ring (bicyclic) bond motifs is 1. The highest BCUT2D eigenvalue weighted by Gasteiger charge is 2.31. The summed E-state index contributed by atoms with van der Waals surface area (Å²) in [6.07, 6.45) is 7.47. The zero-order chi connectivity index (χ0) is 11.8. The van der Waals surface area contributed by atoms with Crippen LogP contribution in [0.1, 0.15) is 65.9 Å². The summed E-state index contributed by atoms with van der Waals surface area (Å²) < 4.78 is 0. The molecule has 92 valence electrons. The maximum atomic E-state index is 10.8. The summed E-state index contributed by atoms with van der Waals surface area (Å²) in [7, 11) is 0. The van der Waals surface area contributed by atoms with Gasteiger partial charge in [0.25, 0.3) is 0 Å². The molecule has 0 amide bonds. The highest BCUT2D eigenvalue weighted by Crippen LogP contribution is 2.43. The first kappa shape index (κ1) is 11.2. The molecule has 0 spiro atoms. The van der Waals surface area contributed by atoms with Crippen LogP contribution in [0, 0.1) is 0 Å². The molecule has 1 aromatic rings. The third kappa shape index (κ3) is 2.10. The van der Waals surface area contributed by atoms with E-state index in [1.807, 2.05) is 11.3 Å². The first-order valence-electron chi connectivity index (χ1n) is 6.45. The van der Waals surface area contributed by atoms with Crippen molar-refractivity contribution < 1.29 is 9.90 Å². The van der Waals surface area contributed by atoms with Gasteiger partial charge in [-0.15, -0.1) is 11.3 Å². The van der Waals surface area contributed by atoms with Crippen molar-refractivity contribution in [2.75, 3.05) is 0 Å². The fourth-order valence-corrected chi connectivity index (χ4v) is 4.42. The van der Waals surface area contributed by atoms with Crippen LogP contribution in [-0.2, 0) is 11.2 Å². The van der Waals surface area contributed by atoms with E-state index < -0.39 is 5.97 Å². The van der Waals surface area contributed by atoms with Crippen LogP contribution in [-0.4, -0.2) is 16.1 Å². The second kappa shape index (κ2) is 4.41. The predicted octanol–water partition coefficient (Wildman–Crippen LogP) is 3.31. The molecule has 2 aliphatic carbocycles. The summed E-state index contributed by atoms with van der Waals surface area (Å²) in [6.45, 7) is 0. The van der Waals surface area contributed by atoms with E-state index in [1.54, 1.807) is 0 Å². The van der Waals surface area contributed by atoms with E-state index in [0.29, 0.717) is 5.92 Å². The van der Waals surface area contributed by atoms with Crippen LogP contribution < -0.4 is 0 Å². The van der Waals surface area contributed by atoms with E-state index in [9.17, 15) is 4.79 Å². The van der Waals surface area contributed by atoms with Crippen molar-refractivity contribution in [3.63, 3.8) is 0 Å². The van der Waals surface area contributed by atoms with Gasteiger partial charge in [-0.3, -0.25) is 4.79 Å². The van der Waals surface area contributed by atoms with E-state index >= 15 is 0 Å². The Labute approximate surface area is 105 Å². The van der Waals surface area contributed by atoms with E-state index in [2.05, 4.69) is 0 Å². The molecule has 17 heavy (non-hydrogen) atoms. The van der Waals surface area contributed by atoms with Gasteiger partial charge in [-0.1, -0.05) is 12.8 Å². The van der Waals surface area contributed by atoms with Gasteiger partial charge in [-0.25, -0.2) is 4.98 Å². The first-order valence-corrected chi connectivity index (χ1v) is 7.27. The summed E-state index contributed by atoms with van der Waals surface area (Å²) in [6, 6.07) is 0. The molecule has 0 bridgehead atoms. The van der Waals surface area contributed by atoms with Crippen molar-refractivity contribution in [2.45, 2.75) is 56.8 Å². The molecule has 0 saturated heterocycles. The summed E-state index contributed by atoms with van der Waals surface area (Å²) in [5.41, 5.74) is 1.11. The molecule has 1 heterocycles. The second-order valence-electron chi connectivity index (χ2n) is 5.18. The summed E-state index contributed by atoms with van der Waals surface area (Å²) in [4.78, 5) is 16.9. The lowest BCUT2D eigenvalue weighted by Crippen LogP contribution is -2.04. The number of rotatable bonds is 3. The van der Waals surface area contributed by atoms with Gasteiger partial charge in [0, 0.05) is 16.7 Å². The number of hydrogen-bond acceptors (Lipinski definition) is 3. The maximum absolute atomic E-state index is 10.8. The molecule has 0 aromatic carbocycles. The Morgan fingerprint density at radius 1 is 1.35 bits per heavy atom. The van der Waals surface area contributed by atoms with E-state index in [1.165, 1.54) is 35.6 Å². The lowest BCUT2D eigenvalue weighted by molar-refractivity contribution is -0.137. The van der Waals surface area contributed by atoms with Crippen molar-refractivity contribution in [1.29, 1.82) is 0 Å². The van der Waals surface area contributed by atoms with Gasteiger partial charge in [0.2, 0.25) is 0 Å². The monoisotopic (exact) mass is 251 g/mol. The lowest BCUT2D eigenvalue weighted by Gasteiger charge is -2.07. The van der Waals surface area contributed by atoms with Crippen LogP contribution in [0.5, 0.6) is 0 Å². The molecule has 1 fully saturated rings. The van der Waals surface area contributed by atoms with Gasteiger partial charge in [-0.05, 0) is 25.7 Å². The predicted molar refractivity (Wildman–Crippen MR) is 66.6 cm³/mol. The highest BCUT2D eigenvalue weighted by molar-refractivity contribution is 7.11. The number of carboxylic acid groups (broad SMARTS) is 1. The minimum Gasteiger partial charge on any atom is -0.481 e. The number of thiazole rings is 1. The summed E-state index contributed by atoms with van der Waals surface area (Å²) in [5.74, 6) is 0.142. The summed E-state index contributed by atoms with van der Waals surface area (Å²) in [5, 5.41) is 10.2. The Balaban J connectivity index is 1.81. The molecule has 0 aliphatic heterocycles. The molecule has 3 rings (SSSR count).